The van der Waals surface area contributed by atoms with Gasteiger partial charge < -0.3 is 20.5 Å². The number of thiophene rings is 1. The van der Waals surface area contributed by atoms with Crippen LogP contribution in [0.1, 0.15) is 36.0 Å². The van der Waals surface area contributed by atoms with Crippen molar-refractivity contribution in [2.24, 2.45) is 0 Å². The Kier molecular flexibility index (Phi) is 6.36. The first-order chi connectivity index (χ1) is 10.2. The monoisotopic (exact) mass is 328 g/mol. The number of carbonyl (C=O) groups excluding carboxylic acids is 2. The lowest BCUT2D eigenvalue weighted by Crippen LogP contribution is -2.37. The van der Waals surface area contributed by atoms with Gasteiger partial charge in [-0.3, -0.25) is 9.59 Å². The van der Waals surface area contributed by atoms with Crippen molar-refractivity contribution >= 4 is 29.3 Å². The highest BCUT2D eigenvalue weighted by molar-refractivity contribution is 7.10. The fourth-order valence-electron chi connectivity index (χ4n) is 1.50. The molecule has 0 bridgehead atoms. The summed E-state index contributed by atoms with van der Waals surface area (Å²) in [6.07, 6.45) is -0.640. The van der Waals surface area contributed by atoms with Crippen LogP contribution >= 0.6 is 11.3 Å². The van der Waals surface area contributed by atoms with Crippen LogP contribution in [0.15, 0.2) is 11.4 Å². The van der Waals surface area contributed by atoms with E-state index in [4.69, 9.17) is 9.84 Å². The molecule has 0 aliphatic heterocycles. The SMILES string of the molecule is CC(C)(C)OC(=O)NCCNC(=O)c1csc(CC(=O)O)c1. The van der Waals surface area contributed by atoms with Gasteiger partial charge in [0.05, 0.1) is 12.0 Å². The van der Waals surface area contributed by atoms with E-state index in [0.717, 1.165) is 0 Å². The van der Waals surface area contributed by atoms with Crippen molar-refractivity contribution in [3.05, 3.63) is 21.9 Å². The fraction of sp³-hybridized carbons (Fsp3) is 0.500. The quantitative estimate of drug-likeness (QED) is 0.688. The zero-order valence-electron chi connectivity index (χ0n) is 12.8. The Hall–Kier alpha value is -2.09. The number of alkyl carbamates (subject to hydrolysis) is 1. The van der Waals surface area contributed by atoms with Gasteiger partial charge in [0, 0.05) is 23.3 Å². The maximum Gasteiger partial charge on any atom is 0.407 e. The summed E-state index contributed by atoms with van der Waals surface area (Å²) in [6, 6.07) is 1.55. The molecule has 122 valence electrons. The average Bonchev–Trinajstić information content (AvgIpc) is 2.79. The molecule has 1 aromatic rings. The third-order valence-electron chi connectivity index (χ3n) is 2.32. The fourth-order valence-corrected chi connectivity index (χ4v) is 2.35. The lowest BCUT2D eigenvalue weighted by atomic mass is 10.2. The molecule has 3 N–H and O–H groups in total. The van der Waals surface area contributed by atoms with E-state index >= 15 is 0 Å². The highest BCUT2D eigenvalue weighted by Gasteiger charge is 2.15. The van der Waals surface area contributed by atoms with E-state index in [1.54, 1.807) is 32.2 Å². The van der Waals surface area contributed by atoms with Crippen LogP contribution in [0.5, 0.6) is 0 Å². The summed E-state index contributed by atoms with van der Waals surface area (Å²) in [5.41, 5.74) is -0.150. The van der Waals surface area contributed by atoms with Gasteiger partial charge in [0.25, 0.3) is 5.91 Å². The van der Waals surface area contributed by atoms with Crippen LogP contribution in [0.3, 0.4) is 0 Å². The smallest absolute Gasteiger partial charge is 0.407 e. The Balaban J connectivity index is 2.30. The van der Waals surface area contributed by atoms with Gasteiger partial charge in [0.15, 0.2) is 0 Å². The third kappa shape index (κ3) is 7.07. The zero-order chi connectivity index (χ0) is 16.8. The molecular weight excluding hydrogens is 308 g/mol. The molecular formula is C14H20N2O5S. The molecule has 0 radical (unpaired) electrons. The second-order valence-corrected chi connectivity index (χ2v) is 6.55. The highest BCUT2D eigenvalue weighted by Crippen LogP contribution is 2.15. The zero-order valence-corrected chi connectivity index (χ0v) is 13.6. The maximum absolute atomic E-state index is 11.8. The number of ether oxygens (including phenoxy) is 1. The van der Waals surface area contributed by atoms with Crippen molar-refractivity contribution in [1.82, 2.24) is 10.6 Å². The average molecular weight is 328 g/mol. The van der Waals surface area contributed by atoms with Gasteiger partial charge in [-0.2, -0.15) is 0 Å². The largest absolute Gasteiger partial charge is 0.481 e. The van der Waals surface area contributed by atoms with Crippen LogP contribution in [-0.2, 0) is 16.0 Å². The number of nitrogens with one attached hydrogen (secondary N) is 2. The molecule has 1 rings (SSSR count). The molecule has 1 aromatic heterocycles. The second-order valence-electron chi connectivity index (χ2n) is 5.56. The molecule has 0 spiro atoms. The molecule has 0 aliphatic rings. The van der Waals surface area contributed by atoms with Crippen LogP contribution in [0, 0.1) is 0 Å². The first kappa shape index (κ1) is 18.0. The number of rotatable bonds is 6. The van der Waals surface area contributed by atoms with E-state index in [-0.39, 0.29) is 25.4 Å². The minimum atomic E-state index is -0.935. The van der Waals surface area contributed by atoms with Gasteiger partial charge in [0.1, 0.15) is 5.60 Å². The molecule has 7 nitrogen and oxygen atoms in total. The van der Waals surface area contributed by atoms with Gasteiger partial charge in [-0.05, 0) is 26.8 Å². The third-order valence-corrected chi connectivity index (χ3v) is 3.26. The highest BCUT2D eigenvalue weighted by atomic mass is 32.1. The normalized spacial score (nSPS) is 10.9. The molecule has 0 unspecified atom stereocenters. The Bertz CT molecular complexity index is 548. The number of amides is 2. The van der Waals surface area contributed by atoms with E-state index in [1.807, 2.05) is 0 Å². The summed E-state index contributed by atoms with van der Waals surface area (Å²) < 4.78 is 5.05. The summed E-state index contributed by atoms with van der Waals surface area (Å²) >= 11 is 1.23. The molecule has 8 heteroatoms. The lowest BCUT2D eigenvalue weighted by molar-refractivity contribution is -0.136. The van der Waals surface area contributed by atoms with E-state index in [0.29, 0.717) is 10.4 Å². The van der Waals surface area contributed by atoms with Crippen molar-refractivity contribution in [2.45, 2.75) is 32.8 Å². The van der Waals surface area contributed by atoms with Crippen molar-refractivity contribution < 1.29 is 24.2 Å². The molecule has 0 aromatic carbocycles. The number of carboxylic acids is 1. The molecule has 0 aliphatic carbocycles. The van der Waals surface area contributed by atoms with Crippen molar-refractivity contribution in [2.75, 3.05) is 13.1 Å². The molecule has 22 heavy (non-hydrogen) atoms. The van der Waals surface area contributed by atoms with Crippen LogP contribution < -0.4 is 10.6 Å². The molecule has 0 saturated heterocycles. The van der Waals surface area contributed by atoms with Crippen LogP contribution in [-0.4, -0.2) is 41.8 Å². The summed E-state index contributed by atoms with van der Waals surface area (Å²) in [5.74, 6) is -1.24. The molecule has 0 atom stereocenters. The van der Waals surface area contributed by atoms with Crippen molar-refractivity contribution in [3.63, 3.8) is 0 Å². The van der Waals surface area contributed by atoms with Crippen molar-refractivity contribution in [1.29, 1.82) is 0 Å². The van der Waals surface area contributed by atoms with E-state index in [2.05, 4.69) is 10.6 Å². The summed E-state index contributed by atoms with van der Waals surface area (Å²) in [6.45, 7) is 5.79. The topological polar surface area (TPSA) is 105 Å². The molecule has 0 fully saturated rings. The predicted octanol–water partition coefficient (Wildman–Crippen LogP) is 1.63. The van der Waals surface area contributed by atoms with Gasteiger partial charge in [-0.15, -0.1) is 11.3 Å². The molecule has 2 amide bonds. The maximum atomic E-state index is 11.8. The summed E-state index contributed by atoms with van der Waals surface area (Å²) in [5, 5.41) is 15.4. The summed E-state index contributed by atoms with van der Waals surface area (Å²) in [7, 11) is 0. The minimum absolute atomic E-state index is 0.0991. The Labute approximate surface area is 132 Å². The second kappa shape index (κ2) is 7.79. The standard InChI is InChI=1S/C14H20N2O5S/c1-14(2,3)21-13(20)16-5-4-15-12(19)9-6-10(22-8-9)7-11(17)18/h6,8H,4-5,7H2,1-3H3,(H,15,19)(H,16,20)(H,17,18). The first-order valence-corrected chi connectivity index (χ1v) is 7.59. The predicted molar refractivity (Wildman–Crippen MR) is 82.2 cm³/mol. The number of carboxylic acid groups (broad SMARTS) is 1. The lowest BCUT2D eigenvalue weighted by Gasteiger charge is -2.19. The van der Waals surface area contributed by atoms with Crippen LogP contribution in [0.25, 0.3) is 0 Å². The Morgan fingerprint density at radius 2 is 1.86 bits per heavy atom. The van der Waals surface area contributed by atoms with Gasteiger partial charge >= 0.3 is 12.1 Å². The first-order valence-electron chi connectivity index (χ1n) is 6.71. The van der Waals surface area contributed by atoms with Crippen LogP contribution in [0.2, 0.25) is 0 Å². The van der Waals surface area contributed by atoms with E-state index < -0.39 is 17.7 Å². The van der Waals surface area contributed by atoms with E-state index in [1.165, 1.54) is 11.3 Å². The van der Waals surface area contributed by atoms with Gasteiger partial charge in [0.2, 0.25) is 0 Å². The number of carbonyl (C=O) groups is 3. The van der Waals surface area contributed by atoms with Gasteiger partial charge in [-0.1, -0.05) is 0 Å². The van der Waals surface area contributed by atoms with Crippen LogP contribution in [0.4, 0.5) is 4.79 Å². The Morgan fingerprint density at radius 1 is 1.23 bits per heavy atom. The van der Waals surface area contributed by atoms with Gasteiger partial charge in [-0.25, -0.2) is 4.79 Å². The number of hydrogen-bond donors (Lipinski definition) is 3. The molecule has 1 heterocycles. The van der Waals surface area contributed by atoms with Crippen molar-refractivity contribution in [3.8, 4) is 0 Å². The minimum Gasteiger partial charge on any atom is -0.481 e. The number of hydrogen-bond acceptors (Lipinski definition) is 5. The Morgan fingerprint density at radius 3 is 2.45 bits per heavy atom. The van der Waals surface area contributed by atoms with E-state index in [9.17, 15) is 14.4 Å². The number of aliphatic carboxylic acids is 1. The molecule has 0 saturated carbocycles. The summed E-state index contributed by atoms with van der Waals surface area (Å²) in [4.78, 5) is 34.4.